The minimum atomic E-state index is -0.587. The number of nitrogens with one attached hydrogen (secondary N) is 1. The van der Waals surface area contributed by atoms with Crippen LogP contribution in [0.2, 0.25) is 0 Å². The van der Waals surface area contributed by atoms with Gasteiger partial charge in [0.2, 0.25) is 5.91 Å². The Morgan fingerprint density at radius 1 is 1.14 bits per heavy atom. The van der Waals surface area contributed by atoms with Gasteiger partial charge >= 0.3 is 5.97 Å². The standard InChI is InChI=1S/C21H22N2O5S/c1-23(12-14-7-3-5-9-16(14)27-2)19(24)13-28-20(25)11-18-21(26)22-15-8-4-6-10-17(15)29-18/h3-10,18H,11-13H2,1-2H3,(H,22,26). The molecule has 2 aromatic carbocycles. The number of hydrogen-bond donors (Lipinski definition) is 1. The van der Waals surface area contributed by atoms with E-state index in [1.807, 2.05) is 48.5 Å². The number of methoxy groups -OCH3 is 1. The summed E-state index contributed by atoms with van der Waals surface area (Å²) >= 11 is 1.32. The summed E-state index contributed by atoms with van der Waals surface area (Å²) < 4.78 is 10.4. The van der Waals surface area contributed by atoms with Gasteiger partial charge in [-0.1, -0.05) is 30.3 Å². The molecule has 8 heteroatoms. The molecule has 7 nitrogen and oxygen atoms in total. The molecule has 2 amide bonds. The fourth-order valence-corrected chi connectivity index (χ4v) is 3.96. The molecule has 1 aliphatic rings. The van der Waals surface area contributed by atoms with Crippen molar-refractivity contribution < 1.29 is 23.9 Å². The first-order chi connectivity index (χ1) is 14.0. The van der Waals surface area contributed by atoms with Crippen LogP contribution < -0.4 is 10.1 Å². The highest BCUT2D eigenvalue weighted by Crippen LogP contribution is 2.36. The minimum absolute atomic E-state index is 0.103. The molecule has 0 saturated carbocycles. The van der Waals surface area contributed by atoms with Gasteiger partial charge in [-0.2, -0.15) is 0 Å². The number of esters is 1. The Labute approximate surface area is 173 Å². The molecule has 3 rings (SSSR count). The predicted molar refractivity (Wildman–Crippen MR) is 110 cm³/mol. The lowest BCUT2D eigenvalue weighted by Gasteiger charge is -2.23. The number of likely N-dealkylation sites (N-methyl/N-ethyl adjacent to an activating group) is 1. The molecular formula is C21H22N2O5S. The first kappa shape index (κ1) is 20.7. The number of carbonyl (C=O) groups is 3. The highest BCUT2D eigenvalue weighted by molar-refractivity contribution is 8.01. The molecule has 1 unspecified atom stereocenters. The maximum Gasteiger partial charge on any atom is 0.307 e. The summed E-state index contributed by atoms with van der Waals surface area (Å²) in [6, 6.07) is 14.8. The minimum Gasteiger partial charge on any atom is -0.496 e. The summed E-state index contributed by atoms with van der Waals surface area (Å²) in [6.45, 7) is -0.0435. The third kappa shape index (κ3) is 5.29. The summed E-state index contributed by atoms with van der Waals surface area (Å²) in [4.78, 5) is 39.0. The molecule has 0 fully saturated rings. The summed E-state index contributed by atoms with van der Waals surface area (Å²) in [5.41, 5.74) is 1.59. The van der Waals surface area contributed by atoms with Crippen LogP contribution in [0.25, 0.3) is 0 Å². The van der Waals surface area contributed by atoms with E-state index < -0.39 is 11.2 Å². The molecule has 0 saturated heterocycles. The first-order valence-electron chi connectivity index (χ1n) is 9.06. The molecule has 0 bridgehead atoms. The van der Waals surface area contributed by atoms with Crippen LogP contribution in [0.1, 0.15) is 12.0 Å². The van der Waals surface area contributed by atoms with Crippen molar-refractivity contribution in [1.82, 2.24) is 4.90 Å². The van der Waals surface area contributed by atoms with Gasteiger partial charge in [-0.15, -0.1) is 11.8 Å². The molecule has 1 N–H and O–H groups in total. The molecule has 1 heterocycles. The van der Waals surface area contributed by atoms with Crippen LogP contribution in [0.15, 0.2) is 53.4 Å². The number of thioether (sulfide) groups is 1. The molecule has 152 valence electrons. The Hall–Kier alpha value is -3.00. The maximum atomic E-state index is 12.3. The fourth-order valence-electron chi connectivity index (χ4n) is 2.87. The van der Waals surface area contributed by atoms with Crippen LogP contribution in [0.5, 0.6) is 5.75 Å². The van der Waals surface area contributed by atoms with Gasteiger partial charge in [0, 0.05) is 24.1 Å². The van der Waals surface area contributed by atoms with Gasteiger partial charge in [0.15, 0.2) is 6.61 Å². The van der Waals surface area contributed by atoms with Crippen molar-refractivity contribution in [2.24, 2.45) is 0 Å². The van der Waals surface area contributed by atoms with E-state index in [-0.39, 0.29) is 24.8 Å². The summed E-state index contributed by atoms with van der Waals surface area (Å²) in [6.07, 6.45) is -0.103. The molecule has 2 aromatic rings. The molecule has 0 aliphatic carbocycles. The van der Waals surface area contributed by atoms with E-state index in [4.69, 9.17) is 9.47 Å². The van der Waals surface area contributed by atoms with E-state index in [0.717, 1.165) is 16.1 Å². The van der Waals surface area contributed by atoms with Crippen LogP contribution in [-0.4, -0.2) is 48.7 Å². The van der Waals surface area contributed by atoms with Gasteiger partial charge in [-0.3, -0.25) is 14.4 Å². The van der Waals surface area contributed by atoms with Crippen LogP contribution in [0, 0.1) is 0 Å². The fraction of sp³-hybridized carbons (Fsp3) is 0.286. The number of fused-ring (bicyclic) bond motifs is 1. The third-order valence-electron chi connectivity index (χ3n) is 4.44. The highest BCUT2D eigenvalue weighted by Gasteiger charge is 2.29. The lowest BCUT2D eigenvalue weighted by atomic mass is 10.2. The SMILES string of the molecule is COc1ccccc1CN(C)C(=O)COC(=O)CC1Sc2ccccc2NC1=O. The Balaban J connectivity index is 1.49. The van der Waals surface area contributed by atoms with Crippen molar-refractivity contribution in [3.05, 3.63) is 54.1 Å². The van der Waals surface area contributed by atoms with E-state index in [2.05, 4.69) is 5.32 Å². The zero-order chi connectivity index (χ0) is 20.8. The predicted octanol–water partition coefficient (Wildman–Crippen LogP) is 2.70. The van der Waals surface area contributed by atoms with Crippen molar-refractivity contribution in [2.45, 2.75) is 23.1 Å². The second-order valence-electron chi connectivity index (χ2n) is 6.52. The lowest BCUT2D eigenvalue weighted by Crippen LogP contribution is -2.33. The van der Waals surface area contributed by atoms with Gasteiger partial charge in [0.05, 0.1) is 24.5 Å². The van der Waals surface area contributed by atoms with Crippen LogP contribution in [0.4, 0.5) is 5.69 Å². The topological polar surface area (TPSA) is 84.9 Å². The molecular weight excluding hydrogens is 392 g/mol. The molecule has 1 aliphatic heterocycles. The number of benzene rings is 2. The number of hydrogen-bond acceptors (Lipinski definition) is 6. The van der Waals surface area contributed by atoms with Crippen molar-refractivity contribution >= 4 is 35.2 Å². The zero-order valence-electron chi connectivity index (χ0n) is 16.2. The van der Waals surface area contributed by atoms with Gasteiger partial charge < -0.3 is 19.7 Å². The van der Waals surface area contributed by atoms with E-state index in [1.165, 1.54) is 16.7 Å². The number of ether oxygens (including phenoxy) is 2. The Kier molecular flexibility index (Phi) is 6.77. The van der Waals surface area contributed by atoms with Gasteiger partial charge in [0.1, 0.15) is 5.75 Å². The maximum absolute atomic E-state index is 12.3. The lowest BCUT2D eigenvalue weighted by molar-refractivity contribution is -0.152. The first-order valence-corrected chi connectivity index (χ1v) is 9.94. The molecule has 0 radical (unpaired) electrons. The largest absolute Gasteiger partial charge is 0.496 e. The average Bonchev–Trinajstić information content (AvgIpc) is 2.72. The smallest absolute Gasteiger partial charge is 0.307 e. The van der Waals surface area contributed by atoms with Gasteiger partial charge in [-0.05, 0) is 18.2 Å². The average molecular weight is 414 g/mol. The van der Waals surface area contributed by atoms with Crippen molar-refractivity contribution in [2.75, 3.05) is 26.1 Å². The number of anilines is 1. The van der Waals surface area contributed by atoms with Gasteiger partial charge in [-0.25, -0.2) is 0 Å². The number of carbonyl (C=O) groups excluding carboxylic acids is 3. The third-order valence-corrected chi connectivity index (χ3v) is 5.72. The number of rotatable bonds is 7. The zero-order valence-corrected chi connectivity index (χ0v) is 17.0. The Morgan fingerprint density at radius 2 is 1.86 bits per heavy atom. The molecule has 0 aromatic heterocycles. The summed E-state index contributed by atoms with van der Waals surface area (Å²) in [5.74, 6) is -0.485. The van der Waals surface area contributed by atoms with Crippen LogP contribution in [0.3, 0.4) is 0 Å². The number of nitrogens with zero attached hydrogens (tertiary/aromatic N) is 1. The van der Waals surface area contributed by atoms with Crippen molar-refractivity contribution in [1.29, 1.82) is 0 Å². The van der Waals surface area contributed by atoms with E-state index >= 15 is 0 Å². The summed E-state index contributed by atoms with van der Waals surface area (Å²) in [5, 5.41) is 2.20. The number of para-hydroxylation sites is 2. The second-order valence-corrected chi connectivity index (χ2v) is 7.76. The van der Waals surface area contributed by atoms with Gasteiger partial charge in [0.25, 0.3) is 5.91 Å². The second kappa shape index (κ2) is 9.47. The molecule has 29 heavy (non-hydrogen) atoms. The van der Waals surface area contributed by atoms with Crippen LogP contribution in [-0.2, 0) is 25.7 Å². The van der Waals surface area contributed by atoms with E-state index in [0.29, 0.717) is 12.3 Å². The quantitative estimate of drug-likeness (QED) is 0.702. The highest BCUT2D eigenvalue weighted by atomic mass is 32.2. The molecule has 0 spiro atoms. The Morgan fingerprint density at radius 3 is 2.66 bits per heavy atom. The van der Waals surface area contributed by atoms with E-state index in [9.17, 15) is 14.4 Å². The van der Waals surface area contributed by atoms with Crippen LogP contribution >= 0.6 is 11.8 Å². The Bertz CT molecular complexity index is 917. The van der Waals surface area contributed by atoms with Crippen molar-refractivity contribution in [3.63, 3.8) is 0 Å². The van der Waals surface area contributed by atoms with E-state index in [1.54, 1.807) is 14.2 Å². The monoisotopic (exact) mass is 414 g/mol. The number of amides is 2. The van der Waals surface area contributed by atoms with Crippen molar-refractivity contribution in [3.8, 4) is 5.75 Å². The summed E-state index contributed by atoms with van der Waals surface area (Å²) in [7, 11) is 3.20. The normalized spacial score (nSPS) is 15.1. The molecule has 1 atom stereocenters.